The molecule has 2 fully saturated rings. The predicted molar refractivity (Wildman–Crippen MR) is 89.8 cm³/mol. The number of nitrogens with zero attached hydrogens (tertiary/aromatic N) is 1. The van der Waals surface area contributed by atoms with Crippen LogP contribution in [0.15, 0.2) is 24.3 Å². The maximum Gasteiger partial charge on any atom is 0.226 e. The smallest absolute Gasteiger partial charge is 0.226 e. The van der Waals surface area contributed by atoms with Gasteiger partial charge in [0, 0.05) is 25.9 Å². The van der Waals surface area contributed by atoms with Crippen LogP contribution in [-0.2, 0) is 9.59 Å². The summed E-state index contributed by atoms with van der Waals surface area (Å²) >= 11 is 0. The summed E-state index contributed by atoms with van der Waals surface area (Å²) < 4.78 is 0. The molecule has 0 spiro atoms. The molecule has 1 aliphatic carbocycles. The quantitative estimate of drug-likeness (QED) is 0.908. The first-order valence-corrected chi connectivity index (χ1v) is 8.66. The summed E-state index contributed by atoms with van der Waals surface area (Å²) in [5.74, 6) is 0.627. The number of rotatable bonds is 5. The van der Waals surface area contributed by atoms with E-state index in [9.17, 15) is 9.59 Å². The molecule has 1 aromatic carbocycles. The second-order valence-corrected chi connectivity index (χ2v) is 7.01. The van der Waals surface area contributed by atoms with E-state index in [2.05, 4.69) is 41.4 Å². The number of likely N-dealkylation sites (tertiary alicyclic amines) is 1. The van der Waals surface area contributed by atoms with E-state index in [-0.39, 0.29) is 23.8 Å². The van der Waals surface area contributed by atoms with Crippen LogP contribution in [-0.4, -0.2) is 30.3 Å². The molecule has 1 saturated carbocycles. The minimum Gasteiger partial charge on any atom is -0.359 e. The number of amides is 2. The molecule has 3 rings (SSSR count). The fourth-order valence-corrected chi connectivity index (χ4v) is 3.47. The maximum absolute atomic E-state index is 12.9. The largest absolute Gasteiger partial charge is 0.359 e. The topological polar surface area (TPSA) is 49.4 Å². The number of carbonyl (C=O) groups excluding carboxylic acids is 2. The first-order chi connectivity index (χ1) is 11.1. The minimum absolute atomic E-state index is 0.0384. The zero-order valence-corrected chi connectivity index (χ0v) is 14.0. The van der Waals surface area contributed by atoms with Crippen LogP contribution in [0.4, 0.5) is 0 Å². The van der Waals surface area contributed by atoms with Gasteiger partial charge in [-0.25, -0.2) is 0 Å². The van der Waals surface area contributed by atoms with Crippen molar-refractivity contribution in [3.05, 3.63) is 35.4 Å². The first-order valence-electron chi connectivity index (χ1n) is 8.66. The van der Waals surface area contributed by atoms with Crippen molar-refractivity contribution in [2.75, 3.05) is 13.6 Å². The lowest BCUT2D eigenvalue weighted by Gasteiger charge is -2.40. The Morgan fingerprint density at radius 1 is 1.17 bits per heavy atom. The van der Waals surface area contributed by atoms with Crippen LogP contribution in [0, 0.1) is 18.8 Å². The van der Waals surface area contributed by atoms with Gasteiger partial charge < -0.3 is 10.2 Å². The monoisotopic (exact) mass is 314 g/mol. The standard InChI is InChI=1S/C19H26N2O2/c1-13-3-7-15(8-4-13)17-10-9-16(11-18(22)20-2)19(23)21(17)12-14-5-6-14/h3-4,7-8,14,16-17H,5-6,9-12H2,1-2H3,(H,20,22)/t16-,17+/m1/s1. The second kappa shape index (κ2) is 6.73. The van der Waals surface area contributed by atoms with Gasteiger partial charge in [-0.1, -0.05) is 29.8 Å². The van der Waals surface area contributed by atoms with E-state index >= 15 is 0 Å². The van der Waals surface area contributed by atoms with E-state index in [1.807, 2.05) is 0 Å². The number of aryl methyl sites for hydroxylation is 1. The molecular weight excluding hydrogens is 288 g/mol. The highest BCUT2D eigenvalue weighted by Crippen LogP contribution is 2.39. The lowest BCUT2D eigenvalue weighted by Crippen LogP contribution is -2.45. The molecule has 2 atom stereocenters. The van der Waals surface area contributed by atoms with Gasteiger partial charge in [-0.3, -0.25) is 9.59 Å². The summed E-state index contributed by atoms with van der Waals surface area (Å²) in [6, 6.07) is 8.69. The zero-order valence-electron chi connectivity index (χ0n) is 14.0. The van der Waals surface area contributed by atoms with Crippen LogP contribution in [0.5, 0.6) is 0 Å². The van der Waals surface area contributed by atoms with E-state index in [1.54, 1.807) is 7.05 Å². The van der Waals surface area contributed by atoms with Crippen molar-refractivity contribution in [2.24, 2.45) is 11.8 Å². The Kier molecular flexibility index (Phi) is 4.69. The van der Waals surface area contributed by atoms with Crippen molar-refractivity contribution in [2.45, 2.75) is 45.1 Å². The fourth-order valence-electron chi connectivity index (χ4n) is 3.47. The summed E-state index contributed by atoms with van der Waals surface area (Å²) in [6.45, 7) is 2.93. The van der Waals surface area contributed by atoms with Gasteiger partial charge in [-0.2, -0.15) is 0 Å². The molecule has 0 radical (unpaired) electrons. The molecule has 23 heavy (non-hydrogen) atoms. The van der Waals surface area contributed by atoms with Crippen LogP contribution in [0.25, 0.3) is 0 Å². The average molecular weight is 314 g/mol. The predicted octanol–water partition coefficient (Wildman–Crippen LogP) is 2.82. The number of nitrogens with one attached hydrogen (secondary N) is 1. The molecule has 0 unspecified atom stereocenters. The number of carbonyl (C=O) groups is 2. The Morgan fingerprint density at radius 3 is 2.48 bits per heavy atom. The molecule has 1 saturated heterocycles. The summed E-state index contributed by atoms with van der Waals surface area (Å²) in [5, 5.41) is 2.64. The molecule has 124 valence electrons. The number of hydrogen-bond acceptors (Lipinski definition) is 2. The number of hydrogen-bond donors (Lipinski definition) is 1. The number of benzene rings is 1. The molecule has 0 bridgehead atoms. The van der Waals surface area contributed by atoms with Gasteiger partial charge in [-0.15, -0.1) is 0 Å². The van der Waals surface area contributed by atoms with E-state index in [4.69, 9.17) is 0 Å². The van der Waals surface area contributed by atoms with Crippen LogP contribution in [0.2, 0.25) is 0 Å². The molecular formula is C19H26N2O2. The molecule has 4 nitrogen and oxygen atoms in total. The Balaban J connectivity index is 1.78. The third kappa shape index (κ3) is 3.74. The van der Waals surface area contributed by atoms with Gasteiger partial charge >= 0.3 is 0 Å². The normalized spacial score (nSPS) is 24.6. The Labute approximate surface area is 138 Å². The minimum atomic E-state index is -0.157. The van der Waals surface area contributed by atoms with Crippen molar-refractivity contribution in [3.8, 4) is 0 Å². The fraction of sp³-hybridized carbons (Fsp3) is 0.579. The molecule has 4 heteroatoms. The summed E-state index contributed by atoms with van der Waals surface area (Å²) in [5.41, 5.74) is 2.46. The molecule has 1 aromatic rings. The third-order valence-corrected chi connectivity index (χ3v) is 5.12. The maximum atomic E-state index is 12.9. The van der Waals surface area contributed by atoms with Gasteiger partial charge in [0.15, 0.2) is 0 Å². The summed E-state index contributed by atoms with van der Waals surface area (Å²) in [7, 11) is 1.63. The van der Waals surface area contributed by atoms with Crippen LogP contribution >= 0.6 is 0 Å². The van der Waals surface area contributed by atoms with Gasteiger partial charge in [0.1, 0.15) is 0 Å². The molecule has 1 heterocycles. The van der Waals surface area contributed by atoms with Crippen molar-refractivity contribution < 1.29 is 9.59 Å². The van der Waals surface area contributed by atoms with Crippen molar-refractivity contribution in [1.82, 2.24) is 10.2 Å². The van der Waals surface area contributed by atoms with Crippen LogP contribution in [0.3, 0.4) is 0 Å². The highest BCUT2D eigenvalue weighted by Gasteiger charge is 2.39. The van der Waals surface area contributed by atoms with Gasteiger partial charge in [0.05, 0.1) is 6.04 Å². The van der Waals surface area contributed by atoms with Crippen LogP contribution < -0.4 is 5.32 Å². The first kappa shape index (κ1) is 16.0. The van der Waals surface area contributed by atoms with E-state index < -0.39 is 0 Å². The molecule has 1 aliphatic heterocycles. The van der Waals surface area contributed by atoms with Crippen molar-refractivity contribution in [3.63, 3.8) is 0 Å². The van der Waals surface area contributed by atoms with Crippen molar-refractivity contribution >= 4 is 11.8 Å². The lowest BCUT2D eigenvalue weighted by molar-refractivity contribution is -0.144. The SMILES string of the molecule is CNC(=O)C[C@H]1CC[C@@H](c2ccc(C)cc2)N(CC2CC2)C1=O. The second-order valence-electron chi connectivity index (χ2n) is 7.01. The highest BCUT2D eigenvalue weighted by atomic mass is 16.2. The molecule has 1 N–H and O–H groups in total. The van der Waals surface area contributed by atoms with E-state index in [0.29, 0.717) is 12.3 Å². The average Bonchev–Trinajstić information content (AvgIpc) is 3.36. The lowest BCUT2D eigenvalue weighted by atomic mass is 9.86. The summed E-state index contributed by atoms with van der Waals surface area (Å²) in [4.78, 5) is 26.7. The summed E-state index contributed by atoms with van der Waals surface area (Å²) in [6.07, 6.45) is 4.52. The third-order valence-electron chi connectivity index (χ3n) is 5.12. The van der Waals surface area contributed by atoms with Gasteiger partial charge in [0.25, 0.3) is 0 Å². The van der Waals surface area contributed by atoms with E-state index in [0.717, 1.165) is 19.4 Å². The van der Waals surface area contributed by atoms with Gasteiger partial charge in [0.2, 0.25) is 11.8 Å². The van der Waals surface area contributed by atoms with Crippen LogP contribution in [0.1, 0.15) is 49.3 Å². The van der Waals surface area contributed by atoms with Crippen molar-refractivity contribution in [1.29, 1.82) is 0 Å². The van der Waals surface area contributed by atoms with E-state index in [1.165, 1.54) is 24.0 Å². The van der Waals surface area contributed by atoms with Gasteiger partial charge in [-0.05, 0) is 44.1 Å². The Hall–Kier alpha value is -1.84. The molecule has 2 amide bonds. The number of piperidine rings is 1. The Morgan fingerprint density at radius 2 is 1.87 bits per heavy atom. The zero-order chi connectivity index (χ0) is 16.4. The Bertz CT molecular complexity index is 578. The molecule has 0 aromatic heterocycles. The molecule has 2 aliphatic rings. The highest BCUT2D eigenvalue weighted by molar-refractivity contribution is 5.86.